The van der Waals surface area contributed by atoms with Crippen molar-refractivity contribution in [3.63, 3.8) is 0 Å². The fraction of sp³-hybridized carbons (Fsp3) is 0.375. The molecular formula is C32H40N2O3S. The molecule has 0 aliphatic carbocycles. The second-order valence-corrected chi connectivity index (χ2v) is 10.5. The number of nitrogens with one attached hydrogen (secondary N) is 1. The Morgan fingerprint density at radius 2 is 1.58 bits per heavy atom. The van der Waals surface area contributed by atoms with Gasteiger partial charge in [0.15, 0.2) is 0 Å². The average molecular weight is 533 g/mol. The Morgan fingerprint density at radius 1 is 0.816 bits per heavy atom. The standard InChI is InChI=1S/C32H40N2O3S/c1-3-5-6-7-11-24-34(32(36)33-23-22-26-14-9-8-10-15-26)27-16-12-17-30(25-27)38-29-20-18-28(19-21-29)37-31(35)13-4-2/h8-10,12,14-21,25H,3-7,11,13,22-24H2,1-2H3,(H,33,36). The largest absolute Gasteiger partial charge is 0.427 e. The molecule has 5 nitrogen and oxygen atoms in total. The molecule has 0 aliphatic rings. The summed E-state index contributed by atoms with van der Waals surface area (Å²) in [5.41, 5.74) is 2.11. The number of hydrogen-bond donors (Lipinski definition) is 1. The number of benzene rings is 3. The van der Waals surface area contributed by atoms with E-state index in [2.05, 4.69) is 36.5 Å². The van der Waals surface area contributed by atoms with E-state index in [-0.39, 0.29) is 12.0 Å². The normalized spacial score (nSPS) is 10.7. The van der Waals surface area contributed by atoms with Crippen molar-refractivity contribution in [2.24, 2.45) is 0 Å². The summed E-state index contributed by atoms with van der Waals surface area (Å²) in [4.78, 5) is 29.0. The maximum Gasteiger partial charge on any atom is 0.321 e. The summed E-state index contributed by atoms with van der Waals surface area (Å²) in [5, 5.41) is 3.12. The number of unbranched alkanes of at least 4 members (excludes halogenated alkanes) is 4. The van der Waals surface area contributed by atoms with Crippen LogP contribution in [0.5, 0.6) is 5.75 Å². The monoisotopic (exact) mass is 532 g/mol. The van der Waals surface area contributed by atoms with Crippen molar-refractivity contribution in [2.45, 2.75) is 75.0 Å². The Hall–Kier alpha value is -3.25. The molecule has 0 unspecified atom stereocenters. The first-order valence-corrected chi connectivity index (χ1v) is 14.6. The van der Waals surface area contributed by atoms with E-state index in [9.17, 15) is 9.59 Å². The van der Waals surface area contributed by atoms with Crippen LogP contribution in [0.1, 0.15) is 64.4 Å². The van der Waals surface area contributed by atoms with Crippen LogP contribution in [0, 0.1) is 0 Å². The van der Waals surface area contributed by atoms with Crippen LogP contribution in [-0.4, -0.2) is 25.1 Å². The number of carbonyl (C=O) groups is 2. The summed E-state index contributed by atoms with van der Waals surface area (Å²) in [6.07, 6.45) is 7.70. The first-order valence-electron chi connectivity index (χ1n) is 13.8. The smallest absolute Gasteiger partial charge is 0.321 e. The Bertz CT molecular complexity index is 1120. The van der Waals surface area contributed by atoms with Crippen molar-refractivity contribution in [1.82, 2.24) is 5.32 Å². The van der Waals surface area contributed by atoms with E-state index in [1.807, 2.05) is 66.4 Å². The SMILES string of the molecule is CCCCCCCN(C(=O)NCCc1ccccc1)c1cccc(Sc2ccc(OC(=O)CCC)cc2)c1. The van der Waals surface area contributed by atoms with E-state index in [1.54, 1.807) is 11.8 Å². The quantitative estimate of drug-likeness (QED) is 0.122. The minimum Gasteiger partial charge on any atom is -0.427 e. The molecule has 0 bridgehead atoms. The van der Waals surface area contributed by atoms with E-state index in [1.165, 1.54) is 24.8 Å². The van der Waals surface area contributed by atoms with Gasteiger partial charge >= 0.3 is 12.0 Å². The fourth-order valence-electron chi connectivity index (χ4n) is 4.09. The molecule has 1 N–H and O–H groups in total. The number of amides is 2. The van der Waals surface area contributed by atoms with Crippen LogP contribution < -0.4 is 15.0 Å². The van der Waals surface area contributed by atoms with Crippen LogP contribution in [0.3, 0.4) is 0 Å². The van der Waals surface area contributed by atoms with Crippen LogP contribution >= 0.6 is 11.8 Å². The van der Waals surface area contributed by atoms with Crippen molar-refractivity contribution >= 4 is 29.4 Å². The average Bonchev–Trinajstić information content (AvgIpc) is 2.92. The van der Waals surface area contributed by atoms with Gasteiger partial charge < -0.3 is 10.1 Å². The Balaban J connectivity index is 1.65. The van der Waals surface area contributed by atoms with Gasteiger partial charge in [-0.25, -0.2) is 4.79 Å². The van der Waals surface area contributed by atoms with Gasteiger partial charge in [0, 0.05) is 35.0 Å². The zero-order valence-corrected chi connectivity index (χ0v) is 23.5. The second kappa shape index (κ2) is 16.6. The van der Waals surface area contributed by atoms with Crippen molar-refractivity contribution in [3.05, 3.63) is 84.4 Å². The molecule has 38 heavy (non-hydrogen) atoms. The summed E-state index contributed by atoms with van der Waals surface area (Å²) in [5.74, 6) is 0.348. The molecule has 0 atom stereocenters. The molecule has 202 valence electrons. The summed E-state index contributed by atoms with van der Waals surface area (Å²) >= 11 is 1.62. The molecule has 3 rings (SSSR count). The zero-order valence-electron chi connectivity index (χ0n) is 22.7. The van der Waals surface area contributed by atoms with Crippen LogP contribution in [-0.2, 0) is 11.2 Å². The van der Waals surface area contributed by atoms with E-state index in [0.717, 1.165) is 41.2 Å². The van der Waals surface area contributed by atoms with Crippen LogP contribution in [0.15, 0.2) is 88.7 Å². The molecule has 3 aromatic rings. The molecule has 0 saturated carbocycles. The highest BCUT2D eigenvalue weighted by molar-refractivity contribution is 7.99. The van der Waals surface area contributed by atoms with Gasteiger partial charge in [0.25, 0.3) is 0 Å². The van der Waals surface area contributed by atoms with Crippen LogP contribution in [0.25, 0.3) is 0 Å². The third kappa shape index (κ3) is 10.3. The maximum absolute atomic E-state index is 13.3. The number of carbonyl (C=O) groups excluding carboxylic acids is 2. The Kier molecular flexibility index (Phi) is 12.8. The lowest BCUT2D eigenvalue weighted by molar-refractivity contribution is -0.134. The maximum atomic E-state index is 13.3. The van der Waals surface area contributed by atoms with Gasteiger partial charge in [0.1, 0.15) is 5.75 Å². The minimum absolute atomic E-state index is 0.0585. The predicted octanol–water partition coefficient (Wildman–Crippen LogP) is 8.27. The summed E-state index contributed by atoms with van der Waals surface area (Å²) in [6.45, 7) is 5.45. The van der Waals surface area contributed by atoms with E-state index >= 15 is 0 Å². The van der Waals surface area contributed by atoms with Crippen LogP contribution in [0.2, 0.25) is 0 Å². The first-order chi connectivity index (χ1) is 18.6. The molecular weight excluding hydrogens is 492 g/mol. The number of urea groups is 1. The third-order valence-corrected chi connectivity index (χ3v) is 7.14. The molecule has 2 amide bonds. The first kappa shape index (κ1) is 29.3. The van der Waals surface area contributed by atoms with E-state index in [0.29, 0.717) is 25.3 Å². The second-order valence-electron chi connectivity index (χ2n) is 9.33. The number of anilines is 1. The van der Waals surface area contributed by atoms with E-state index in [4.69, 9.17) is 4.74 Å². The number of rotatable bonds is 15. The molecule has 0 aliphatic heterocycles. The van der Waals surface area contributed by atoms with Gasteiger partial charge in [-0.2, -0.15) is 0 Å². The number of ether oxygens (including phenoxy) is 1. The fourth-order valence-corrected chi connectivity index (χ4v) is 4.96. The highest BCUT2D eigenvalue weighted by Crippen LogP contribution is 2.32. The Labute approximate surface area is 232 Å². The number of esters is 1. The zero-order chi connectivity index (χ0) is 27.0. The lowest BCUT2D eigenvalue weighted by Crippen LogP contribution is -2.41. The van der Waals surface area contributed by atoms with Gasteiger partial charge in [0.05, 0.1) is 0 Å². The number of hydrogen-bond acceptors (Lipinski definition) is 4. The van der Waals surface area contributed by atoms with Crippen molar-refractivity contribution in [2.75, 3.05) is 18.0 Å². The minimum atomic E-state index is -0.211. The molecule has 0 heterocycles. The topological polar surface area (TPSA) is 58.6 Å². The Morgan fingerprint density at radius 3 is 2.32 bits per heavy atom. The van der Waals surface area contributed by atoms with Crippen molar-refractivity contribution < 1.29 is 14.3 Å². The number of nitrogens with zero attached hydrogens (tertiary/aromatic N) is 1. The van der Waals surface area contributed by atoms with Crippen molar-refractivity contribution in [3.8, 4) is 5.75 Å². The molecule has 0 radical (unpaired) electrons. The van der Waals surface area contributed by atoms with E-state index < -0.39 is 0 Å². The summed E-state index contributed by atoms with van der Waals surface area (Å²) in [7, 11) is 0. The highest BCUT2D eigenvalue weighted by Gasteiger charge is 2.16. The molecule has 3 aromatic carbocycles. The molecule has 0 spiro atoms. The molecule has 0 aromatic heterocycles. The third-order valence-electron chi connectivity index (χ3n) is 6.14. The van der Waals surface area contributed by atoms with Gasteiger partial charge in [-0.1, -0.05) is 87.7 Å². The van der Waals surface area contributed by atoms with Crippen molar-refractivity contribution in [1.29, 1.82) is 0 Å². The highest BCUT2D eigenvalue weighted by atomic mass is 32.2. The summed E-state index contributed by atoms with van der Waals surface area (Å²) in [6, 6.07) is 25.8. The predicted molar refractivity (Wildman–Crippen MR) is 157 cm³/mol. The lowest BCUT2D eigenvalue weighted by Gasteiger charge is -2.24. The lowest BCUT2D eigenvalue weighted by atomic mass is 10.1. The molecule has 0 fully saturated rings. The van der Waals surface area contributed by atoms with Crippen LogP contribution in [0.4, 0.5) is 10.5 Å². The van der Waals surface area contributed by atoms with Gasteiger partial charge in [-0.3, -0.25) is 9.69 Å². The molecule has 6 heteroatoms. The molecule has 0 saturated heterocycles. The van der Waals surface area contributed by atoms with Gasteiger partial charge in [-0.15, -0.1) is 0 Å². The van der Waals surface area contributed by atoms with Gasteiger partial charge in [0.2, 0.25) is 0 Å². The van der Waals surface area contributed by atoms with Gasteiger partial charge in [-0.05, 0) is 67.3 Å². The summed E-state index contributed by atoms with van der Waals surface area (Å²) < 4.78 is 5.36.